The number of rotatable bonds is 11. The van der Waals surface area contributed by atoms with Crippen molar-refractivity contribution in [1.82, 2.24) is 35.4 Å². The number of hydrogen-bond donors (Lipinski definition) is 4. The van der Waals surface area contributed by atoms with Crippen LogP contribution in [0.1, 0.15) is 47.2 Å². The third-order valence-corrected chi connectivity index (χ3v) is 8.75. The second-order valence-electron chi connectivity index (χ2n) is 11.5. The van der Waals surface area contributed by atoms with E-state index in [1.54, 1.807) is 7.11 Å². The third kappa shape index (κ3) is 5.70. The SMILES string of the molecule is COc1ccc(Cn2c(CCc3c[nH]c4ccccc34)nnc2[C@@H](Cc2c[nH]c3ccccc23)NC(=O)[C@H]2CCCN2)cc1. The molecule has 1 aliphatic rings. The number of carbonyl (C=O) groups excluding carboxylic acids is 1. The molecule has 1 fully saturated rings. The molecule has 44 heavy (non-hydrogen) atoms. The Morgan fingerprint density at radius 3 is 2.34 bits per heavy atom. The van der Waals surface area contributed by atoms with E-state index in [4.69, 9.17) is 14.9 Å². The third-order valence-electron chi connectivity index (χ3n) is 8.75. The number of para-hydroxylation sites is 2. The van der Waals surface area contributed by atoms with Gasteiger partial charge in [-0.2, -0.15) is 0 Å². The summed E-state index contributed by atoms with van der Waals surface area (Å²) in [4.78, 5) is 20.3. The molecule has 3 aromatic carbocycles. The summed E-state index contributed by atoms with van der Waals surface area (Å²) in [7, 11) is 1.67. The van der Waals surface area contributed by atoms with Crippen molar-refractivity contribution in [2.45, 2.75) is 50.7 Å². The number of hydrogen-bond acceptors (Lipinski definition) is 5. The van der Waals surface area contributed by atoms with Crippen LogP contribution in [0, 0.1) is 0 Å². The number of nitrogens with zero attached hydrogens (tertiary/aromatic N) is 3. The van der Waals surface area contributed by atoms with Gasteiger partial charge in [0.15, 0.2) is 5.82 Å². The zero-order valence-corrected chi connectivity index (χ0v) is 24.8. The van der Waals surface area contributed by atoms with E-state index in [1.165, 1.54) is 10.9 Å². The fraction of sp³-hybridized carbons (Fsp3) is 0.286. The molecule has 4 heterocycles. The number of H-pyrrole nitrogens is 2. The number of ether oxygens (including phenoxy) is 1. The van der Waals surface area contributed by atoms with Crippen molar-refractivity contribution in [3.05, 3.63) is 114 Å². The minimum atomic E-state index is -0.364. The van der Waals surface area contributed by atoms with Crippen LogP contribution in [0.25, 0.3) is 21.8 Å². The van der Waals surface area contributed by atoms with Gasteiger partial charge in [-0.15, -0.1) is 10.2 Å². The minimum absolute atomic E-state index is 0.00619. The van der Waals surface area contributed by atoms with Gasteiger partial charge in [0, 0.05) is 47.0 Å². The first-order valence-corrected chi connectivity index (χ1v) is 15.3. The highest BCUT2D eigenvalue weighted by atomic mass is 16.5. The quantitative estimate of drug-likeness (QED) is 0.166. The number of fused-ring (bicyclic) bond motifs is 2. The maximum atomic E-state index is 13.5. The van der Waals surface area contributed by atoms with Gasteiger partial charge < -0.3 is 29.9 Å². The predicted molar refractivity (Wildman–Crippen MR) is 172 cm³/mol. The highest BCUT2D eigenvalue weighted by molar-refractivity contribution is 5.84. The molecule has 7 rings (SSSR count). The molecule has 3 aromatic heterocycles. The molecule has 0 spiro atoms. The summed E-state index contributed by atoms with van der Waals surface area (Å²) in [5, 5.41) is 18.6. The predicted octanol–water partition coefficient (Wildman–Crippen LogP) is 5.23. The number of aromatic nitrogens is 5. The van der Waals surface area contributed by atoms with E-state index in [0.29, 0.717) is 19.4 Å². The second kappa shape index (κ2) is 12.4. The summed E-state index contributed by atoms with van der Waals surface area (Å²) in [5.41, 5.74) is 5.69. The van der Waals surface area contributed by atoms with Crippen molar-refractivity contribution in [2.75, 3.05) is 13.7 Å². The average Bonchev–Trinajstić information content (AvgIpc) is 3.88. The number of aryl methyl sites for hydroxylation is 2. The van der Waals surface area contributed by atoms with Gasteiger partial charge in [-0.05, 0) is 66.8 Å². The fourth-order valence-electron chi connectivity index (χ4n) is 6.37. The Morgan fingerprint density at radius 2 is 1.64 bits per heavy atom. The molecule has 1 aliphatic heterocycles. The smallest absolute Gasteiger partial charge is 0.237 e. The lowest BCUT2D eigenvalue weighted by atomic mass is 10.0. The number of carbonyl (C=O) groups is 1. The zero-order valence-electron chi connectivity index (χ0n) is 24.8. The molecule has 9 nitrogen and oxygen atoms in total. The van der Waals surface area contributed by atoms with Crippen LogP contribution in [-0.4, -0.2) is 50.3 Å². The Balaban J connectivity index is 1.25. The first-order chi connectivity index (χ1) is 21.7. The van der Waals surface area contributed by atoms with E-state index < -0.39 is 0 Å². The molecule has 6 aromatic rings. The Morgan fingerprint density at radius 1 is 0.932 bits per heavy atom. The Bertz CT molecular complexity index is 1880. The van der Waals surface area contributed by atoms with Crippen LogP contribution in [-0.2, 0) is 30.6 Å². The molecular formula is C35H37N7O2. The number of amides is 1. The van der Waals surface area contributed by atoms with E-state index >= 15 is 0 Å². The lowest BCUT2D eigenvalue weighted by Crippen LogP contribution is -2.43. The summed E-state index contributed by atoms with van der Waals surface area (Å²) in [6.45, 7) is 1.44. The first-order valence-electron chi connectivity index (χ1n) is 15.3. The molecule has 4 N–H and O–H groups in total. The van der Waals surface area contributed by atoms with Crippen LogP contribution in [0.4, 0.5) is 0 Å². The molecule has 0 saturated carbocycles. The van der Waals surface area contributed by atoms with Gasteiger partial charge in [0.1, 0.15) is 11.6 Å². The van der Waals surface area contributed by atoms with Crippen LogP contribution < -0.4 is 15.4 Å². The van der Waals surface area contributed by atoms with Gasteiger partial charge in [0.2, 0.25) is 5.91 Å². The summed E-state index contributed by atoms with van der Waals surface area (Å²) in [5.74, 6) is 2.46. The monoisotopic (exact) mass is 587 g/mol. The second-order valence-corrected chi connectivity index (χ2v) is 11.5. The summed E-state index contributed by atoms with van der Waals surface area (Å²) in [6, 6.07) is 24.2. The maximum absolute atomic E-state index is 13.5. The molecule has 224 valence electrons. The number of nitrogens with one attached hydrogen (secondary N) is 4. The van der Waals surface area contributed by atoms with Gasteiger partial charge in [0.25, 0.3) is 0 Å². The molecule has 0 unspecified atom stereocenters. The fourth-order valence-corrected chi connectivity index (χ4v) is 6.37. The summed E-state index contributed by atoms with van der Waals surface area (Å²) < 4.78 is 7.59. The summed E-state index contributed by atoms with van der Waals surface area (Å²) in [6.07, 6.45) is 8.08. The topological polar surface area (TPSA) is 113 Å². The van der Waals surface area contributed by atoms with Crippen molar-refractivity contribution in [1.29, 1.82) is 0 Å². The molecule has 9 heteroatoms. The van der Waals surface area contributed by atoms with Gasteiger partial charge in [0.05, 0.1) is 25.7 Å². The molecule has 1 saturated heterocycles. The van der Waals surface area contributed by atoms with E-state index in [-0.39, 0.29) is 18.0 Å². The van der Waals surface area contributed by atoms with Crippen LogP contribution >= 0.6 is 0 Å². The maximum Gasteiger partial charge on any atom is 0.237 e. The lowest BCUT2D eigenvalue weighted by molar-refractivity contribution is -0.123. The van der Waals surface area contributed by atoms with Gasteiger partial charge in [-0.1, -0.05) is 48.5 Å². The number of aromatic amines is 2. The van der Waals surface area contributed by atoms with Crippen molar-refractivity contribution in [3.8, 4) is 5.75 Å². The zero-order chi connectivity index (χ0) is 29.9. The Kier molecular flexibility index (Phi) is 7.85. The Hall–Kier alpha value is -4.89. The normalized spacial score (nSPS) is 15.6. The highest BCUT2D eigenvalue weighted by Gasteiger charge is 2.29. The van der Waals surface area contributed by atoms with E-state index in [0.717, 1.165) is 70.8 Å². The molecule has 0 bridgehead atoms. The van der Waals surface area contributed by atoms with Gasteiger partial charge in [-0.25, -0.2) is 0 Å². The van der Waals surface area contributed by atoms with Crippen molar-refractivity contribution in [3.63, 3.8) is 0 Å². The molecular weight excluding hydrogens is 550 g/mol. The minimum Gasteiger partial charge on any atom is -0.497 e. The molecule has 1 amide bonds. The number of benzene rings is 3. The average molecular weight is 588 g/mol. The molecule has 0 aliphatic carbocycles. The van der Waals surface area contributed by atoms with E-state index in [9.17, 15) is 4.79 Å². The standard InChI is InChI=1S/C35H37N7O2/c1-44-26-15-12-23(13-16-26)22-42-33(17-14-24-20-37-29-9-4-2-7-27(24)29)40-41-34(42)32(39-35(43)31-11-6-18-36-31)19-25-21-38-30-10-5-3-8-28(25)30/h2-5,7-10,12-13,15-16,20-21,31-32,36-38H,6,11,14,17-19,22H2,1H3,(H,39,43)/t31-,32-/m1/s1. The van der Waals surface area contributed by atoms with E-state index in [1.807, 2.05) is 36.5 Å². The first kappa shape index (κ1) is 27.9. The van der Waals surface area contributed by atoms with Gasteiger partial charge >= 0.3 is 0 Å². The van der Waals surface area contributed by atoms with Crippen LogP contribution in [0.3, 0.4) is 0 Å². The van der Waals surface area contributed by atoms with Gasteiger partial charge in [-0.3, -0.25) is 4.79 Å². The van der Waals surface area contributed by atoms with Crippen LogP contribution in [0.2, 0.25) is 0 Å². The Labute approximate surface area is 256 Å². The molecule has 0 radical (unpaired) electrons. The van der Waals surface area contributed by atoms with Crippen molar-refractivity contribution < 1.29 is 9.53 Å². The summed E-state index contributed by atoms with van der Waals surface area (Å²) >= 11 is 0. The molecule has 2 atom stereocenters. The van der Waals surface area contributed by atoms with Crippen molar-refractivity contribution in [2.24, 2.45) is 0 Å². The largest absolute Gasteiger partial charge is 0.497 e. The van der Waals surface area contributed by atoms with E-state index in [2.05, 4.69) is 73.8 Å². The number of methoxy groups -OCH3 is 1. The van der Waals surface area contributed by atoms with Crippen molar-refractivity contribution >= 4 is 27.7 Å². The lowest BCUT2D eigenvalue weighted by Gasteiger charge is -2.22. The van der Waals surface area contributed by atoms with Crippen LogP contribution in [0.15, 0.2) is 85.2 Å². The van der Waals surface area contributed by atoms with Crippen LogP contribution in [0.5, 0.6) is 5.75 Å². The highest BCUT2D eigenvalue weighted by Crippen LogP contribution is 2.27.